The molecule has 2 aromatic carbocycles. The van der Waals surface area contributed by atoms with Crippen molar-refractivity contribution in [1.82, 2.24) is 4.57 Å². The van der Waals surface area contributed by atoms with E-state index in [1.54, 1.807) is 25.1 Å². The average Bonchev–Trinajstić information content (AvgIpc) is 2.98. The molecule has 0 unspecified atom stereocenters. The van der Waals surface area contributed by atoms with Crippen molar-refractivity contribution in [2.75, 3.05) is 6.61 Å². The number of nitro benzene ring substituents is 1. The fraction of sp³-hybridized carbons (Fsp3) is 0.167. The van der Waals surface area contributed by atoms with Crippen LogP contribution in [0.4, 0.5) is 5.69 Å². The average molecular weight is 420 g/mol. The lowest BCUT2D eigenvalue weighted by molar-refractivity contribution is -0.384. The Kier molecular flexibility index (Phi) is 5.86. The molecule has 144 valence electrons. The number of benzene rings is 2. The third kappa shape index (κ3) is 4.26. The fourth-order valence-corrected chi connectivity index (χ4v) is 3.77. The van der Waals surface area contributed by atoms with Crippen molar-refractivity contribution in [3.05, 3.63) is 68.0 Å². The Bertz CT molecular complexity index is 1150. The number of halogens is 1. The van der Waals surface area contributed by atoms with Gasteiger partial charge in [-0.1, -0.05) is 29.0 Å². The summed E-state index contributed by atoms with van der Waals surface area (Å²) in [6.07, 6.45) is 0. The number of hydrogen-bond donors (Lipinski definition) is 0. The highest BCUT2D eigenvalue weighted by Gasteiger charge is 2.16. The molecule has 0 N–H and O–H groups in total. The first kappa shape index (κ1) is 19.7. The zero-order valence-corrected chi connectivity index (χ0v) is 16.2. The molecule has 8 nitrogen and oxygen atoms in total. The van der Waals surface area contributed by atoms with Crippen molar-refractivity contribution in [1.29, 1.82) is 0 Å². The van der Waals surface area contributed by atoms with Crippen molar-refractivity contribution < 1.29 is 19.2 Å². The van der Waals surface area contributed by atoms with Gasteiger partial charge in [0.1, 0.15) is 6.54 Å². The van der Waals surface area contributed by atoms with E-state index in [0.717, 1.165) is 11.3 Å². The lowest BCUT2D eigenvalue weighted by Gasteiger charge is -2.05. The van der Waals surface area contributed by atoms with Gasteiger partial charge >= 0.3 is 5.97 Å². The Hall–Kier alpha value is -3.04. The highest BCUT2D eigenvalue weighted by atomic mass is 35.5. The first-order valence-corrected chi connectivity index (χ1v) is 9.36. The van der Waals surface area contributed by atoms with Crippen LogP contribution < -0.4 is 4.80 Å². The maximum absolute atomic E-state index is 12.5. The van der Waals surface area contributed by atoms with Gasteiger partial charge in [-0.25, -0.2) is 0 Å². The molecule has 10 heteroatoms. The number of aromatic nitrogens is 1. The minimum Gasteiger partial charge on any atom is -0.465 e. The SMILES string of the molecule is CCOC(=O)Cn1c(=NC(=O)c2cccc(Cl)c2)sc2cc([N+](=O)[O-])ccc21. The summed E-state index contributed by atoms with van der Waals surface area (Å²) in [5.74, 6) is -1.04. The molecule has 3 rings (SSSR count). The molecule has 0 fully saturated rings. The topological polar surface area (TPSA) is 104 Å². The van der Waals surface area contributed by atoms with Crippen molar-refractivity contribution in [3.63, 3.8) is 0 Å². The Balaban J connectivity index is 2.14. The van der Waals surface area contributed by atoms with Crippen LogP contribution in [-0.4, -0.2) is 28.0 Å². The summed E-state index contributed by atoms with van der Waals surface area (Å²) in [4.78, 5) is 39.4. The first-order chi connectivity index (χ1) is 13.4. The van der Waals surface area contributed by atoms with E-state index in [1.807, 2.05) is 0 Å². The van der Waals surface area contributed by atoms with Crippen LogP contribution in [0.15, 0.2) is 47.5 Å². The van der Waals surface area contributed by atoms with Crippen molar-refractivity contribution in [2.45, 2.75) is 13.5 Å². The van der Waals surface area contributed by atoms with Crippen LogP contribution in [0.3, 0.4) is 0 Å². The fourth-order valence-electron chi connectivity index (χ4n) is 2.52. The van der Waals surface area contributed by atoms with Gasteiger partial charge in [0.05, 0.1) is 21.7 Å². The summed E-state index contributed by atoms with van der Waals surface area (Å²) in [6, 6.07) is 10.6. The number of esters is 1. The van der Waals surface area contributed by atoms with E-state index >= 15 is 0 Å². The van der Waals surface area contributed by atoms with E-state index < -0.39 is 16.8 Å². The van der Waals surface area contributed by atoms with Crippen LogP contribution in [-0.2, 0) is 16.1 Å². The standard InChI is InChI=1S/C18H14ClN3O5S/c1-2-27-16(23)10-21-14-7-6-13(22(25)26)9-15(14)28-18(21)20-17(24)11-4-3-5-12(19)8-11/h3-9H,2,10H2,1H3. The quantitative estimate of drug-likeness (QED) is 0.357. The van der Waals surface area contributed by atoms with E-state index in [0.29, 0.717) is 20.8 Å². The number of non-ortho nitro benzene ring substituents is 1. The second-order valence-electron chi connectivity index (χ2n) is 5.61. The van der Waals surface area contributed by atoms with Crippen molar-refractivity contribution in [3.8, 4) is 0 Å². The zero-order valence-electron chi connectivity index (χ0n) is 14.6. The van der Waals surface area contributed by atoms with Gasteiger partial charge in [0.25, 0.3) is 11.6 Å². The van der Waals surface area contributed by atoms with Gasteiger partial charge in [0.15, 0.2) is 4.80 Å². The van der Waals surface area contributed by atoms with Gasteiger partial charge in [-0.05, 0) is 31.2 Å². The number of rotatable bonds is 5. The van der Waals surface area contributed by atoms with Crippen LogP contribution in [0, 0.1) is 10.1 Å². The third-order valence-corrected chi connectivity index (χ3v) is 5.01. The predicted molar refractivity (Wildman–Crippen MR) is 104 cm³/mol. The molecule has 0 spiro atoms. The summed E-state index contributed by atoms with van der Waals surface area (Å²) in [6.45, 7) is 1.72. The van der Waals surface area contributed by atoms with E-state index in [2.05, 4.69) is 4.99 Å². The van der Waals surface area contributed by atoms with Crippen molar-refractivity contribution >= 4 is 50.7 Å². The highest BCUT2D eigenvalue weighted by molar-refractivity contribution is 7.16. The number of nitro groups is 1. The molecule has 0 saturated heterocycles. The molecule has 28 heavy (non-hydrogen) atoms. The number of nitrogens with zero attached hydrogens (tertiary/aromatic N) is 3. The molecule has 0 saturated carbocycles. The summed E-state index contributed by atoms with van der Waals surface area (Å²) in [5, 5.41) is 11.4. The second-order valence-corrected chi connectivity index (χ2v) is 7.06. The van der Waals surface area contributed by atoms with Crippen LogP contribution >= 0.6 is 22.9 Å². The molecule has 0 aliphatic heterocycles. The number of fused-ring (bicyclic) bond motifs is 1. The third-order valence-electron chi connectivity index (χ3n) is 3.74. The molecule has 1 amide bonds. The Morgan fingerprint density at radius 1 is 1.29 bits per heavy atom. The number of carbonyl (C=O) groups is 2. The highest BCUT2D eigenvalue weighted by Crippen LogP contribution is 2.23. The molecule has 0 aliphatic carbocycles. The second kappa shape index (κ2) is 8.32. The number of amides is 1. The lowest BCUT2D eigenvalue weighted by atomic mass is 10.2. The summed E-state index contributed by atoms with van der Waals surface area (Å²) in [7, 11) is 0. The normalized spacial score (nSPS) is 11.6. The Morgan fingerprint density at radius 2 is 2.07 bits per heavy atom. The van der Waals surface area contributed by atoms with Gasteiger partial charge < -0.3 is 9.30 Å². The van der Waals surface area contributed by atoms with Crippen molar-refractivity contribution in [2.24, 2.45) is 4.99 Å². The minimum absolute atomic E-state index is 0.0928. The maximum atomic E-state index is 12.5. The molecular weight excluding hydrogens is 406 g/mol. The molecule has 0 atom stereocenters. The van der Waals surface area contributed by atoms with E-state index in [9.17, 15) is 19.7 Å². The Morgan fingerprint density at radius 3 is 2.75 bits per heavy atom. The molecule has 0 radical (unpaired) electrons. The molecule has 1 aromatic heterocycles. The van der Waals surface area contributed by atoms with Crippen LogP contribution in [0.1, 0.15) is 17.3 Å². The van der Waals surface area contributed by atoms with Crippen LogP contribution in [0.25, 0.3) is 10.2 Å². The van der Waals surface area contributed by atoms with E-state index in [-0.39, 0.29) is 23.6 Å². The first-order valence-electron chi connectivity index (χ1n) is 8.17. The Labute approximate surface area is 167 Å². The lowest BCUT2D eigenvalue weighted by Crippen LogP contribution is -2.23. The van der Waals surface area contributed by atoms with Gasteiger partial charge in [-0.2, -0.15) is 4.99 Å². The molecular formula is C18H14ClN3O5S. The predicted octanol–water partition coefficient (Wildman–Crippen LogP) is 3.57. The molecule has 3 aromatic rings. The molecule has 1 heterocycles. The van der Waals surface area contributed by atoms with E-state index in [1.165, 1.54) is 28.8 Å². The van der Waals surface area contributed by atoms with E-state index in [4.69, 9.17) is 16.3 Å². The van der Waals surface area contributed by atoms with Gasteiger partial charge in [-0.3, -0.25) is 19.7 Å². The molecule has 0 aliphatic rings. The number of ether oxygens (including phenoxy) is 1. The minimum atomic E-state index is -0.541. The van der Waals surface area contributed by atoms with Crippen LogP contribution in [0.5, 0.6) is 0 Å². The smallest absolute Gasteiger partial charge is 0.326 e. The van der Waals surface area contributed by atoms with Gasteiger partial charge in [-0.15, -0.1) is 0 Å². The number of thiazole rings is 1. The maximum Gasteiger partial charge on any atom is 0.326 e. The van der Waals surface area contributed by atoms with Crippen LogP contribution in [0.2, 0.25) is 5.02 Å². The summed E-state index contributed by atoms with van der Waals surface area (Å²) < 4.78 is 7.01. The summed E-state index contributed by atoms with van der Waals surface area (Å²) >= 11 is 6.99. The zero-order chi connectivity index (χ0) is 20.3. The largest absolute Gasteiger partial charge is 0.465 e. The summed E-state index contributed by atoms with van der Waals surface area (Å²) in [5.41, 5.74) is 0.740. The number of hydrogen-bond acceptors (Lipinski definition) is 6. The number of carbonyl (C=O) groups excluding carboxylic acids is 2. The molecule has 0 bridgehead atoms. The van der Waals surface area contributed by atoms with Gasteiger partial charge in [0, 0.05) is 22.7 Å². The monoisotopic (exact) mass is 419 g/mol. The van der Waals surface area contributed by atoms with Gasteiger partial charge in [0.2, 0.25) is 0 Å².